The Morgan fingerprint density at radius 3 is 2.60 bits per heavy atom. The topological polar surface area (TPSA) is 52.4 Å². The first-order valence-electron chi connectivity index (χ1n) is 2.87. The van der Waals surface area contributed by atoms with Crippen molar-refractivity contribution in [3.05, 3.63) is 23.0 Å². The minimum atomic E-state index is -1.02. The minimum Gasteiger partial charge on any atom is -0.494 e. The Hall–Kier alpha value is -1.06. The van der Waals surface area contributed by atoms with E-state index in [1.807, 2.05) is 0 Å². The van der Waals surface area contributed by atoms with Crippen LogP contribution in [0.4, 0.5) is 0 Å². The van der Waals surface area contributed by atoms with Gasteiger partial charge in [0.1, 0.15) is 0 Å². The van der Waals surface area contributed by atoms with Crippen molar-refractivity contribution in [1.82, 2.24) is 0 Å². The molecule has 4 nitrogen and oxygen atoms in total. The number of hydrogen-bond acceptors (Lipinski definition) is 3. The van der Waals surface area contributed by atoms with Gasteiger partial charge in [-0.25, -0.2) is 0 Å². The number of ether oxygens (including phenoxy) is 1. The summed E-state index contributed by atoms with van der Waals surface area (Å²) in [5.41, 5.74) is -1.02. The normalized spacial score (nSPS) is 10.6. The summed E-state index contributed by atoms with van der Waals surface area (Å²) in [7, 11) is 0. The van der Waals surface area contributed by atoms with E-state index >= 15 is 0 Å². The molecule has 0 rings (SSSR count). The van der Waals surface area contributed by atoms with Crippen LogP contribution in [-0.4, -0.2) is 17.1 Å². The molecule has 0 atom stereocenters. The molecule has 10 heavy (non-hydrogen) atoms. The van der Waals surface area contributed by atoms with Gasteiger partial charge >= 0.3 is 0 Å². The van der Waals surface area contributed by atoms with E-state index in [1.54, 1.807) is 0 Å². The van der Waals surface area contributed by atoms with Gasteiger partial charge in [0.15, 0.2) is 6.61 Å². The van der Waals surface area contributed by atoms with E-state index in [4.69, 9.17) is 0 Å². The van der Waals surface area contributed by atoms with Crippen molar-refractivity contribution in [3.63, 3.8) is 0 Å². The minimum absolute atomic E-state index is 0.0590. The van der Waals surface area contributed by atoms with Crippen molar-refractivity contribution in [2.24, 2.45) is 0 Å². The van der Waals surface area contributed by atoms with Crippen molar-refractivity contribution in [3.8, 4) is 0 Å². The molecule has 0 aliphatic carbocycles. The predicted octanol–water partition coefficient (Wildman–Crippen LogP) is 1.20. The van der Waals surface area contributed by atoms with E-state index in [0.29, 0.717) is 0 Å². The molecule has 4 heteroatoms. The maximum absolute atomic E-state index is 10.2. The Morgan fingerprint density at radius 1 is 1.80 bits per heavy atom. The lowest BCUT2D eigenvalue weighted by molar-refractivity contribution is -0.563. The van der Waals surface area contributed by atoms with Crippen molar-refractivity contribution in [2.75, 3.05) is 6.61 Å². The fourth-order valence-electron chi connectivity index (χ4n) is 0.316. The molecule has 0 heterocycles. The fourth-order valence-corrected chi connectivity index (χ4v) is 0.316. The molecule has 0 aliphatic rings. The summed E-state index contributed by atoms with van der Waals surface area (Å²) in [6.07, 6.45) is 1.20. The highest BCUT2D eigenvalue weighted by Crippen LogP contribution is 2.07. The zero-order valence-electron chi connectivity index (χ0n) is 6.16. The molecule has 0 bridgehead atoms. The van der Waals surface area contributed by atoms with Crippen LogP contribution in [0.5, 0.6) is 0 Å². The smallest absolute Gasteiger partial charge is 0.250 e. The summed E-state index contributed by atoms with van der Waals surface area (Å²) in [5, 5.41) is 10.2. The van der Waals surface area contributed by atoms with Gasteiger partial charge in [0, 0.05) is 18.8 Å². The van der Waals surface area contributed by atoms with Crippen LogP contribution < -0.4 is 0 Å². The van der Waals surface area contributed by atoms with Crippen LogP contribution in [0.2, 0.25) is 0 Å². The highest BCUT2D eigenvalue weighted by atomic mass is 16.6. The number of nitrogens with zero attached hydrogens (tertiary/aromatic N) is 1. The third kappa shape index (κ3) is 2.48. The van der Waals surface area contributed by atoms with Crippen LogP contribution in [0.15, 0.2) is 12.8 Å². The highest BCUT2D eigenvalue weighted by molar-refractivity contribution is 4.66. The average molecular weight is 145 g/mol. The second-order valence-electron chi connectivity index (χ2n) is 2.55. The maximum Gasteiger partial charge on any atom is 0.250 e. The molecule has 0 unspecified atom stereocenters. The summed E-state index contributed by atoms with van der Waals surface area (Å²) in [4.78, 5) is 9.84. The van der Waals surface area contributed by atoms with Crippen LogP contribution in [-0.2, 0) is 4.74 Å². The number of nitro groups is 1. The Labute approximate surface area is 59.6 Å². The van der Waals surface area contributed by atoms with Crippen LogP contribution in [0, 0.1) is 10.1 Å². The van der Waals surface area contributed by atoms with Crippen LogP contribution >= 0.6 is 0 Å². The number of hydrogen-bond donors (Lipinski definition) is 0. The number of rotatable bonds is 4. The van der Waals surface area contributed by atoms with Crippen LogP contribution in [0.1, 0.15) is 13.8 Å². The summed E-state index contributed by atoms with van der Waals surface area (Å²) < 4.78 is 4.68. The lowest BCUT2D eigenvalue weighted by Crippen LogP contribution is -2.35. The summed E-state index contributed by atoms with van der Waals surface area (Å²) in [5.74, 6) is 0. The maximum atomic E-state index is 10.2. The third-order valence-corrected chi connectivity index (χ3v) is 1.05. The molecule has 0 amide bonds. The fraction of sp³-hybridized carbons (Fsp3) is 0.667. The molecule has 0 saturated heterocycles. The van der Waals surface area contributed by atoms with Crippen molar-refractivity contribution >= 4 is 0 Å². The predicted molar refractivity (Wildman–Crippen MR) is 37.2 cm³/mol. The molecule has 0 aromatic rings. The van der Waals surface area contributed by atoms with Crippen molar-refractivity contribution in [1.29, 1.82) is 0 Å². The van der Waals surface area contributed by atoms with E-state index in [2.05, 4.69) is 11.3 Å². The van der Waals surface area contributed by atoms with Gasteiger partial charge in [-0.2, -0.15) is 0 Å². The molecular formula is C6H11NO3. The van der Waals surface area contributed by atoms with Crippen LogP contribution in [0.25, 0.3) is 0 Å². The third-order valence-electron chi connectivity index (χ3n) is 1.05. The molecular weight excluding hydrogens is 134 g/mol. The molecule has 0 N–H and O–H groups in total. The summed E-state index contributed by atoms with van der Waals surface area (Å²) >= 11 is 0. The van der Waals surface area contributed by atoms with Gasteiger partial charge in [-0.05, 0) is 0 Å². The molecule has 58 valence electrons. The van der Waals surface area contributed by atoms with Gasteiger partial charge in [0.25, 0.3) is 0 Å². The summed E-state index contributed by atoms with van der Waals surface area (Å²) in [6, 6.07) is 0. The van der Waals surface area contributed by atoms with Gasteiger partial charge in [-0.15, -0.1) is 0 Å². The Kier molecular flexibility index (Phi) is 2.86. The lowest BCUT2D eigenvalue weighted by Gasteiger charge is -2.13. The van der Waals surface area contributed by atoms with E-state index in [0.717, 1.165) is 0 Å². The average Bonchev–Trinajstić information content (AvgIpc) is 1.84. The first kappa shape index (κ1) is 8.94. The molecule has 0 aromatic heterocycles. The van der Waals surface area contributed by atoms with Gasteiger partial charge in [0.2, 0.25) is 5.54 Å². The molecule has 0 spiro atoms. The Balaban J connectivity index is 3.86. The second-order valence-corrected chi connectivity index (χ2v) is 2.55. The van der Waals surface area contributed by atoms with Crippen molar-refractivity contribution < 1.29 is 9.66 Å². The lowest BCUT2D eigenvalue weighted by atomic mass is 10.1. The van der Waals surface area contributed by atoms with Gasteiger partial charge in [-0.3, -0.25) is 10.1 Å². The SMILES string of the molecule is C=COCC(C)(C)[N+](=O)[O-]. The summed E-state index contributed by atoms with van der Waals surface area (Å²) in [6.45, 7) is 6.33. The molecule has 0 fully saturated rings. The first-order chi connectivity index (χ1) is 4.50. The van der Waals surface area contributed by atoms with Crippen molar-refractivity contribution in [2.45, 2.75) is 19.4 Å². The van der Waals surface area contributed by atoms with E-state index in [9.17, 15) is 10.1 Å². The van der Waals surface area contributed by atoms with Gasteiger partial charge < -0.3 is 4.74 Å². The zero-order chi connectivity index (χ0) is 8.20. The van der Waals surface area contributed by atoms with Gasteiger partial charge in [0.05, 0.1) is 6.26 Å². The Bertz CT molecular complexity index is 142. The Morgan fingerprint density at radius 2 is 2.30 bits per heavy atom. The highest BCUT2D eigenvalue weighted by Gasteiger charge is 2.30. The largest absolute Gasteiger partial charge is 0.494 e. The quantitative estimate of drug-likeness (QED) is 0.339. The molecule has 0 aliphatic heterocycles. The zero-order valence-corrected chi connectivity index (χ0v) is 6.16. The first-order valence-corrected chi connectivity index (χ1v) is 2.87. The van der Waals surface area contributed by atoms with E-state index < -0.39 is 5.54 Å². The molecule has 0 radical (unpaired) electrons. The monoisotopic (exact) mass is 145 g/mol. The molecule has 0 aromatic carbocycles. The standard InChI is InChI=1S/C6H11NO3/c1-4-10-5-6(2,3)7(8)9/h4H,1,5H2,2-3H3. The second kappa shape index (κ2) is 3.20. The van der Waals surface area contributed by atoms with Gasteiger partial charge in [-0.1, -0.05) is 6.58 Å². The van der Waals surface area contributed by atoms with E-state index in [-0.39, 0.29) is 11.5 Å². The van der Waals surface area contributed by atoms with E-state index in [1.165, 1.54) is 20.1 Å². The molecule has 0 saturated carbocycles. The van der Waals surface area contributed by atoms with Crippen LogP contribution in [0.3, 0.4) is 0 Å².